The Hall–Kier alpha value is -1.71. The number of carbonyl (C=O) groups excluding carboxylic acids is 1. The van der Waals surface area contributed by atoms with Crippen molar-refractivity contribution in [2.75, 3.05) is 7.11 Å². The molecule has 0 heterocycles. The van der Waals surface area contributed by atoms with E-state index in [1.807, 2.05) is 0 Å². The van der Waals surface area contributed by atoms with Crippen LogP contribution in [0.3, 0.4) is 0 Å². The first-order valence-electron chi connectivity index (χ1n) is 8.54. The summed E-state index contributed by atoms with van der Waals surface area (Å²) in [5.74, 6) is 1.09. The molecule has 0 aliphatic heterocycles. The first kappa shape index (κ1) is 19.3. The highest BCUT2D eigenvalue weighted by molar-refractivity contribution is 5.69. The number of benzene rings is 1. The number of hydrogen-bond donors (Lipinski definition) is 1. The summed E-state index contributed by atoms with van der Waals surface area (Å²) in [6, 6.07) is 4.94. The second-order valence-corrected chi connectivity index (χ2v) is 6.37. The van der Waals surface area contributed by atoms with Crippen LogP contribution in [0.2, 0.25) is 0 Å². The number of hydrogen-bond acceptors (Lipinski definition) is 4. The highest BCUT2D eigenvalue weighted by Crippen LogP contribution is 2.26. The molecule has 0 aliphatic rings. The summed E-state index contributed by atoms with van der Waals surface area (Å²) in [7, 11) is 1.49. The molecule has 4 nitrogen and oxygen atoms in total. The maximum absolute atomic E-state index is 11.7. The summed E-state index contributed by atoms with van der Waals surface area (Å²) in [4.78, 5) is 11.7. The molecule has 130 valence electrons. The molecule has 0 saturated carbocycles. The normalized spacial score (nSPS) is 10.8. The third kappa shape index (κ3) is 8.48. The Bertz CT molecular complexity index is 468. The molecule has 1 aromatic rings. The summed E-state index contributed by atoms with van der Waals surface area (Å²) in [5.41, 5.74) is 0.807. The largest absolute Gasteiger partial charge is 0.504 e. The Morgan fingerprint density at radius 1 is 1.13 bits per heavy atom. The summed E-state index contributed by atoms with van der Waals surface area (Å²) in [6.45, 7) is 4.71. The van der Waals surface area contributed by atoms with Crippen molar-refractivity contribution in [2.24, 2.45) is 5.92 Å². The lowest BCUT2D eigenvalue weighted by molar-refractivity contribution is -0.145. The molecule has 0 amide bonds. The molecular weight excluding hydrogens is 292 g/mol. The van der Waals surface area contributed by atoms with Crippen LogP contribution in [0.25, 0.3) is 0 Å². The van der Waals surface area contributed by atoms with Crippen molar-refractivity contribution in [3.8, 4) is 11.5 Å². The molecule has 0 aliphatic carbocycles. The van der Waals surface area contributed by atoms with Gasteiger partial charge in [0.2, 0.25) is 0 Å². The summed E-state index contributed by atoms with van der Waals surface area (Å²) in [6.07, 6.45) is 7.46. The average Bonchev–Trinajstić information content (AvgIpc) is 2.52. The number of ether oxygens (including phenoxy) is 2. The minimum Gasteiger partial charge on any atom is -0.504 e. The monoisotopic (exact) mass is 322 g/mol. The SMILES string of the molecule is COc1cc(COC(=O)CCCCCCCC(C)C)ccc1O. The van der Waals surface area contributed by atoms with Gasteiger partial charge in [-0.2, -0.15) is 0 Å². The fraction of sp³-hybridized carbons (Fsp3) is 0.632. The first-order valence-corrected chi connectivity index (χ1v) is 8.54. The molecule has 0 atom stereocenters. The average molecular weight is 322 g/mol. The van der Waals surface area contributed by atoms with Gasteiger partial charge < -0.3 is 14.6 Å². The Balaban J connectivity index is 2.13. The van der Waals surface area contributed by atoms with Crippen LogP contribution in [-0.2, 0) is 16.1 Å². The van der Waals surface area contributed by atoms with Crippen molar-refractivity contribution in [1.29, 1.82) is 0 Å². The van der Waals surface area contributed by atoms with E-state index in [0.29, 0.717) is 12.2 Å². The summed E-state index contributed by atoms with van der Waals surface area (Å²) in [5, 5.41) is 9.51. The third-order valence-corrected chi connectivity index (χ3v) is 3.81. The number of phenols is 1. The van der Waals surface area contributed by atoms with Crippen molar-refractivity contribution in [1.82, 2.24) is 0 Å². The zero-order chi connectivity index (χ0) is 17.1. The highest BCUT2D eigenvalue weighted by Gasteiger charge is 2.06. The number of esters is 1. The molecule has 0 spiro atoms. The van der Waals surface area contributed by atoms with Crippen molar-refractivity contribution < 1.29 is 19.4 Å². The zero-order valence-corrected chi connectivity index (χ0v) is 14.6. The fourth-order valence-electron chi connectivity index (χ4n) is 2.40. The van der Waals surface area contributed by atoms with Gasteiger partial charge >= 0.3 is 5.97 Å². The molecule has 0 fully saturated rings. The van der Waals surface area contributed by atoms with E-state index < -0.39 is 0 Å². The van der Waals surface area contributed by atoms with Gasteiger partial charge in [-0.15, -0.1) is 0 Å². The van der Waals surface area contributed by atoms with E-state index in [4.69, 9.17) is 9.47 Å². The lowest BCUT2D eigenvalue weighted by atomic mass is 10.0. The minimum absolute atomic E-state index is 0.0834. The topological polar surface area (TPSA) is 55.8 Å². The van der Waals surface area contributed by atoms with Crippen molar-refractivity contribution in [3.05, 3.63) is 23.8 Å². The molecule has 1 rings (SSSR count). The van der Waals surface area contributed by atoms with Crippen molar-refractivity contribution in [2.45, 2.75) is 65.4 Å². The van der Waals surface area contributed by atoms with E-state index in [1.165, 1.54) is 32.8 Å². The van der Waals surface area contributed by atoms with Crippen LogP contribution < -0.4 is 4.74 Å². The van der Waals surface area contributed by atoms with E-state index in [9.17, 15) is 9.90 Å². The lowest BCUT2D eigenvalue weighted by Crippen LogP contribution is -2.04. The second-order valence-electron chi connectivity index (χ2n) is 6.37. The van der Waals surface area contributed by atoms with Gasteiger partial charge in [0.25, 0.3) is 0 Å². The van der Waals surface area contributed by atoms with Crippen LogP contribution >= 0.6 is 0 Å². The molecule has 0 aromatic heterocycles. The molecule has 0 saturated heterocycles. The molecule has 4 heteroatoms. The van der Waals surface area contributed by atoms with Crippen LogP contribution in [0.15, 0.2) is 18.2 Å². The fourth-order valence-corrected chi connectivity index (χ4v) is 2.40. The van der Waals surface area contributed by atoms with Crippen molar-refractivity contribution >= 4 is 5.97 Å². The standard InChI is InChI=1S/C19H30O4/c1-15(2)9-7-5-4-6-8-10-19(21)23-14-16-11-12-17(20)18(13-16)22-3/h11-13,15,20H,4-10,14H2,1-3H3. The zero-order valence-electron chi connectivity index (χ0n) is 14.6. The van der Waals surface area contributed by atoms with E-state index in [-0.39, 0.29) is 18.3 Å². The molecule has 1 N–H and O–H groups in total. The van der Waals surface area contributed by atoms with Gasteiger partial charge in [-0.3, -0.25) is 4.79 Å². The van der Waals surface area contributed by atoms with E-state index in [0.717, 1.165) is 24.3 Å². The number of methoxy groups -OCH3 is 1. The lowest BCUT2D eigenvalue weighted by Gasteiger charge is -2.08. The maximum Gasteiger partial charge on any atom is 0.306 e. The molecular formula is C19H30O4. The summed E-state index contributed by atoms with van der Waals surface area (Å²) >= 11 is 0. The van der Waals surface area contributed by atoms with Crippen LogP contribution in [0, 0.1) is 5.92 Å². The van der Waals surface area contributed by atoms with Gasteiger partial charge in [-0.25, -0.2) is 0 Å². The molecule has 0 unspecified atom stereocenters. The van der Waals surface area contributed by atoms with Gasteiger partial charge in [0.1, 0.15) is 6.61 Å². The second kappa shape index (κ2) is 10.9. The van der Waals surface area contributed by atoms with Crippen molar-refractivity contribution in [3.63, 3.8) is 0 Å². The van der Waals surface area contributed by atoms with Crippen LogP contribution in [0.1, 0.15) is 64.4 Å². The number of rotatable bonds is 11. The van der Waals surface area contributed by atoms with Gasteiger partial charge in [0, 0.05) is 6.42 Å². The van der Waals surface area contributed by atoms with Crippen LogP contribution in [0.5, 0.6) is 11.5 Å². The number of carbonyl (C=O) groups is 1. The molecule has 23 heavy (non-hydrogen) atoms. The van der Waals surface area contributed by atoms with Gasteiger partial charge in [-0.1, -0.05) is 52.0 Å². The Morgan fingerprint density at radius 2 is 1.83 bits per heavy atom. The maximum atomic E-state index is 11.7. The van der Waals surface area contributed by atoms with Gasteiger partial charge in [0.05, 0.1) is 7.11 Å². The molecule has 0 radical (unpaired) electrons. The van der Waals surface area contributed by atoms with Gasteiger partial charge in [0.15, 0.2) is 11.5 Å². The number of aromatic hydroxyl groups is 1. The Labute approximate surface area is 139 Å². The molecule has 0 bridgehead atoms. The number of phenolic OH excluding ortho intramolecular Hbond substituents is 1. The Morgan fingerprint density at radius 3 is 2.52 bits per heavy atom. The van der Waals surface area contributed by atoms with E-state index >= 15 is 0 Å². The predicted molar refractivity (Wildman–Crippen MR) is 91.6 cm³/mol. The predicted octanol–water partition coefficient (Wildman–Crippen LogP) is 4.83. The highest BCUT2D eigenvalue weighted by atomic mass is 16.5. The molecule has 1 aromatic carbocycles. The Kier molecular flexibility index (Phi) is 9.18. The van der Waals surface area contributed by atoms with E-state index in [2.05, 4.69) is 13.8 Å². The smallest absolute Gasteiger partial charge is 0.306 e. The van der Waals surface area contributed by atoms with E-state index in [1.54, 1.807) is 18.2 Å². The quantitative estimate of drug-likeness (QED) is 0.468. The minimum atomic E-state index is -0.167. The number of unbranched alkanes of at least 4 members (excludes halogenated alkanes) is 4. The van der Waals surface area contributed by atoms with Crippen LogP contribution in [0.4, 0.5) is 0 Å². The third-order valence-electron chi connectivity index (χ3n) is 3.81. The van der Waals surface area contributed by atoms with Crippen LogP contribution in [-0.4, -0.2) is 18.2 Å². The first-order chi connectivity index (χ1) is 11.0. The van der Waals surface area contributed by atoms with Gasteiger partial charge in [-0.05, 0) is 30.0 Å². The summed E-state index contributed by atoms with van der Waals surface area (Å²) < 4.78 is 10.3.